The monoisotopic (exact) mass is 311 g/mol. The third-order valence-corrected chi connectivity index (χ3v) is 5.72. The summed E-state index contributed by atoms with van der Waals surface area (Å²) in [6.07, 6.45) is 4.07. The summed E-state index contributed by atoms with van der Waals surface area (Å²) in [6.45, 7) is 4.41. The number of aliphatic hydroxyl groups excluding tert-OH is 1. The van der Waals surface area contributed by atoms with Gasteiger partial charge in [-0.15, -0.1) is 0 Å². The zero-order valence-electron chi connectivity index (χ0n) is 12.7. The Morgan fingerprint density at radius 1 is 1.29 bits per heavy atom. The molecule has 0 aliphatic heterocycles. The molecule has 118 valence electrons. The van der Waals surface area contributed by atoms with E-state index in [1.807, 2.05) is 0 Å². The number of benzene rings is 1. The highest BCUT2D eigenvalue weighted by Crippen LogP contribution is 2.28. The van der Waals surface area contributed by atoms with Crippen LogP contribution in [0.4, 0.5) is 0 Å². The van der Waals surface area contributed by atoms with Crippen molar-refractivity contribution in [1.29, 1.82) is 0 Å². The topological polar surface area (TPSA) is 66.4 Å². The Labute approximate surface area is 127 Å². The van der Waals surface area contributed by atoms with Gasteiger partial charge >= 0.3 is 0 Å². The second-order valence-electron chi connectivity index (χ2n) is 6.23. The van der Waals surface area contributed by atoms with Gasteiger partial charge in [-0.1, -0.05) is 31.9 Å². The highest BCUT2D eigenvalue weighted by molar-refractivity contribution is 7.89. The van der Waals surface area contributed by atoms with Crippen LogP contribution in [-0.4, -0.2) is 20.1 Å². The number of hydrogen-bond acceptors (Lipinski definition) is 3. The molecule has 0 amide bonds. The quantitative estimate of drug-likeness (QED) is 0.878. The molecule has 2 rings (SSSR count). The molecule has 0 saturated heterocycles. The molecular formula is C16H25NO3S. The van der Waals surface area contributed by atoms with E-state index in [0.29, 0.717) is 18.4 Å². The summed E-state index contributed by atoms with van der Waals surface area (Å²) in [5, 5.41) is 9.45. The second kappa shape index (κ2) is 6.90. The minimum Gasteiger partial charge on any atom is -0.389 e. The van der Waals surface area contributed by atoms with Crippen molar-refractivity contribution in [3.05, 3.63) is 29.8 Å². The van der Waals surface area contributed by atoms with E-state index in [1.165, 1.54) is 12.8 Å². The first-order valence-corrected chi connectivity index (χ1v) is 9.14. The van der Waals surface area contributed by atoms with E-state index >= 15 is 0 Å². The SMILES string of the molecule is CC1CCCC(CNS(=O)(=O)c2ccc(C(C)O)cc2)C1. The zero-order valence-corrected chi connectivity index (χ0v) is 13.6. The molecule has 3 unspecified atom stereocenters. The molecule has 0 aromatic heterocycles. The molecule has 3 atom stereocenters. The van der Waals surface area contributed by atoms with Gasteiger partial charge in [0.1, 0.15) is 0 Å². The maximum absolute atomic E-state index is 12.3. The Morgan fingerprint density at radius 3 is 2.52 bits per heavy atom. The predicted molar refractivity (Wildman–Crippen MR) is 83.4 cm³/mol. The van der Waals surface area contributed by atoms with Crippen LogP contribution in [0.15, 0.2) is 29.2 Å². The van der Waals surface area contributed by atoms with Crippen LogP contribution in [0.5, 0.6) is 0 Å². The van der Waals surface area contributed by atoms with Crippen LogP contribution in [0.1, 0.15) is 51.2 Å². The molecule has 0 heterocycles. The first-order chi connectivity index (χ1) is 9.88. The molecule has 1 aliphatic rings. The Hall–Kier alpha value is -0.910. The van der Waals surface area contributed by atoms with Crippen LogP contribution in [0, 0.1) is 11.8 Å². The summed E-state index contributed by atoms with van der Waals surface area (Å²) in [5.41, 5.74) is 0.718. The zero-order chi connectivity index (χ0) is 15.5. The summed E-state index contributed by atoms with van der Waals surface area (Å²) in [7, 11) is -3.45. The average Bonchev–Trinajstić information content (AvgIpc) is 2.45. The molecule has 0 spiro atoms. The average molecular weight is 311 g/mol. The second-order valence-corrected chi connectivity index (χ2v) is 8.00. The van der Waals surface area contributed by atoms with Crippen molar-refractivity contribution in [2.75, 3.05) is 6.54 Å². The van der Waals surface area contributed by atoms with Crippen LogP contribution < -0.4 is 4.72 Å². The molecule has 1 fully saturated rings. The predicted octanol–water partition coefficient (Wildman–Crippen LogP) is 2.84. The third-order valence-electron chi connectivity index (χ3n) is 4.28. The fourth-order valence-corrected chi connectivity index (χ4v) is 4.10. The Morgan fingerprint density at radius 2 is 1.95 bits per heavy atom. The highest BCUT2D eigenvalue weighted by Gasteiger charge is 2.21. The lowest BCUT2D eigenvalue weighted by molar-refractivity contribution is 0.199. The molecule has 4 nitrogen and oxygen atoms in total. The normalized spacial score (nSPS) is 24.7. The lowest BCUT2D eigenvalue weighted by Crippen LogP contribution is -2.31. The van der Waals surface area contributed by atoms with E-state index in [4.69, 9.17) is 0 Å². The van der Waals surface area contributed by atoms with Gasteiger partial charge in [-0.2, -0.15) is 0 Å². The minimum absolute atomic E-state index is 0.260. The smallest absolute Gasteiger partial charge is 0.240 e. The van der Waals surface area contributed by atoms with Gasteiger partial charge in [-0.05, 0) is 49.3 Å². The first kappa shape index (κ1) is 16.5. The van der Waals surface area contributed by atoms with Gasteiger partial charge < -0.3 is 5.11 Å². The molecule has 1 saturated carbocycles. The molecule has 0 radical (unpaired) electrons. The van der Waals surface area contributed by atoms with Crippen molar-refractivity contribution in [2.24, 2.45) is 11.8 Å². The lowest BCUT2D eigenvalue weighted by Gasteiger charge is -2.26. The van der Waals surface area contributed by atoms with E-state index in [2.05, 4.69) is 11.6 Å². The van der Waals surface area contributed by atoms with Gasteiger partial charge in [0.2, 0.25) is 10.0 Å². The summed E-state index contributed by atoms with van der Waals surface area (Å²) in [6, 6.07) is 6.41. The number of sulfonamides is 1. The van der Waals surface area contributed by atoms with Crippen LogP contribution in [0.3, 0.4) is 0 Å². The standard InChI is InChI=1S/C16H25NO3S/c1-12-4-3-5-14(10-12)11-17-21(19,20)16-8-6-15(7-9-16)13(2)18/h6-9,12-14,17-18H,3-5,10-11H2,1-2H3. The van der Waals surface area contributed by atoms with Crippen LogP contribution in [0.2, 0.25) is 0 Å². The van der Waals surface area contributed by atoms with Gasteiger partial charge in [0.25, 0.3) is 0 Å². The Kier molecular flexibility index (Phi) is 5.41. The van der Waals surface area contributed by atoms with Crippen molar-refractivity contribution in [2.45, 2.75) is 50.5 Å². The van der Waals surface area contributed by atoms with Crippen LogP contribution >= 0.6 is 0 Å². The summed E-state index contributed by atoms with van der Waals surface area (Å²) < 4.78 is 27.3. The number of nitrogens with one attached hydrogen (secondary N) is 1. The van der Waals surface area contributed by atoms with Gasteiger partial charge in [0.15, 0.2) is 0 Å². The van der Waals surface area contributed by atoms with Crippen molar-refractivity contribution in [3.8, 4) is 0 Å². The number of aliphatic hydroxyl groups is 1. The van der Waals surface area contributed by atoms with E-state index in [9.17, 15) is 13.5 Å². The molecular weight excluding hydrogens is 286 g/mol. The highest BCUT2D eigenvalue weighted by atomic mass is 32.2. The fourth-order valence-electron chi connectivity index (χ4n) is 2.98. The maximum atomic E-state index is 12.3. The summed E-state index contributed by atoms with van der Waals surface area (Å²) >= 11 is 0. The Bertz CT molecular complexity index is 551. The molecule has 1 aromatic carbocycles. The summed E-state index contributed by atoms with van der Waals surface area (Å²) in [4.78, 5) is 0.260. The third kappa shape index (κ3) is 4.53. The molecule has 21 heavy (non-hydrogen) atoms. The van der Waals surface area contributed by atoms with Crippen molar-refractivity contribution in [3.63, 3.8) is 0 Å². The van der Waals surface area contributed by atoms with Gasteiger partial charge in [-0.25, -0.2) is 13.1 Å². The van der Waals surface area contributed by atoms with Crippen LogP contribution in [-0.2, 0) is 10.0 Å². The fraction of sp³-hybridized carbons (Fsp3) is 0.625. The van der Waals surface area contributed by atoms with E-state index in [0.717, 1.165) is 18.4 Å². The van der Waals surface area contributed by atoms with Gasteiger partial charge in [0, 0.05) is 6.54 Å². The van der Waals surface area contributed by atoms with E-state index in [1.54, 1.807) is 31.2 Å². The first-order valence-electron chi connectivity index (χ1n) is 7.66. The molecule has 2 N–H and O–H groups in total. The molecule has 1 aromatic rings. The number of hydrogen-bond donors (Lipinski definition) is 2. The number of rotatable bonds is 5. The lowest BCUT2D eigenvalue weighted by atomic mass is 9.83. The minimum atomic E-state index is -3.45. The van der Waals surface area contributed by atoms with Gasteiger partial charge in [0.05, 0.1) is 11.0 Å². The largest absolute Gasteiger partial charge is 0.389 e. The van der Waals surface area contributed by atoms with Crippen molar-refractivity contribution in [1.82, 2.24) is 4.72 Å². The molecule has 0 bridgehead atoms. The van der Waals surface area contributed by atoms with Crippen LogP contribution in [0.25, 0.3) is 0 Å². The van der Waals surface area contributed by atoms with Gasteiger partial charge in [-0.3, -0.25) is 0 Å². The van der Waals surface area contributed by atoms with E-state index < -0.39 is 16.1 Å². The van der Waals surface area contributed by atoms with Crippen molar-refractivity contribution >= 4 is 10.0 Å². The van der Waals surface area contributed by atoms with Crippen molar-refractivity contribution < 1.29 is 13.5 Å². The molecule has 5 heteroatoms. The Balaban J connectivity index is 1.97. The van der Waals surface area contributed by atoms with E-state index in [-0.39, 0.29) is 4.90 Å². The summed E-state index contributed by atoms with van der Waals surface area (Å²) in [5.74, 6) is 1.14. The maximum Gasteiger partial charge on any atom is 0.240 e. The molecule has 1 aliphatic carbocycles.